The zero-order valence-electron chi connectivity index (χ0n) is 11.6. The van der Waals surface area contributed by atoms with Gasteiger partial charge in [0, 0.05) is 37.7 Å². The minimum atomic E-state index is 0.308. The highest BCUT2D eigenvalue weighted by Crippen LogP contribution is 2.18. The Bertz CT molecular complexity index is 619. The van der Waals surface area contributed by atoms with Crippen LogP contribution < -0.4 is 10.2 Å². The summed E-state index contributed by atoms with van der Waals surface area (Å²) in [6.45, 7) is 1.83. The van der Waals surface area contributed by atoms with Crippen molar-refractivity contribution in [3.8, 4) is 6.07 Å². The van der Waals surface area contributed by atoms with Gasteiger partial charge in [0.15, 0.2) is 0 Å². The summed E-state index contributed by atoms with van der Waals surface area (Å²) in [4.78, 5) is 15.0. The van der Waals surface area contributed by atoms with Crippen LogP contribution in [0.2, 0.25) is 0 Å². The minimum Gasteiger partial charge on any atom is -0.366 e. The number of piperidine rings is 1. The molecule has 0 aromatic carbocycles. The molecule has 0 saturated carbocycles. The van der Waals surface area contributed by atoms with E-state index in [1.807, 2.05) is 12.1 Å². The van der Waals surface area contributed by atoms with E-state index in [-0.39, 0.29) is 0 Å². The van der Waals surface area contributed by atoms with E-state index in [0.717, 1.165) is 37.7 Å². The number of rotatable bonds is 3. The van der Waals surface area contributed by atoms with Crippen LogP contribution in [0.3, 0.4) is 0 Å². The van der Waals surface area contributed by atoms with Crippen molar-refractivity contribution in [2.45, 2.75) is 18.9 Å². The molecule has 1 atom stereocenters. The van der Waals surface area contributed by atoms with Gasteiger partial charge in [0.25, 0.3) is 0 Å². The van der Waals surface area contributed by atoms with E-state index < -0.39 is 0 Å². The van der Waals surface area contributed by atoms with E-state index in [1.54, 1.807) is 24.7 Å². The number of aromatic nitrogens is 3. The molecule has 0 bridgehead atoms. The Morgan fingerprint density at radius 1 is 1.24 bits per heavy atom. The molecular weight excluding hydrogens is 264 g/mol. The average Bonchev–Trinajstić information content (AvgIpc) is 2.57. The fourth-order valence-electron chi connectivity index (χ4n) is 2.49. The smallest absolute Gasteiger partial charge is 0.225 e. The molecule has 21 heavy (non-hydrogen) atoms. The number of hydrogen-bond acceptors (Lipinski definition) is 6. The van der Waals surface area contributed by atoms with E-state index in [1.165, 1.54) is 0 Å². The number of nitrogens with one attached hydrogen (secondary N) is 1. The van der Waals surface area contributed by atoms with Crippen molar-refractivity contribution >= 4 is 11.8 Å². The van der Waals surface area contributed by atoms with E-state index >= 15 is 0 Å². The molecule has 0 aliphatic carbocycles. The van der Waals surface area contributed by atoms with Crippen molar-refractivity contribution < 1.29 is 0 Å². The Hall–Kier alpha value is -2.68. The fraction of sp³-hybridized carbons (Fsp3) is 0.333. The van der Waals surface area contributed by atoms with Crippen LogP contribution in [-0.4, -0.2) is 34.1 Å². The van der Waals surface area contributed by atoms with Gasteiger partial charge in [-0.25, -0.2) is 15.0 Å². The zero-order chi connectivity index (χ0) is 14.5. The Balaban J connectivity index is 1.64. The van der Waals surface area contributed by atoms with Gasteiger partial charge in [-0.15, -0.1) is 0 Å². The van der Waals surface area contributed by atoms with Gasteiger partial charge in [0.05, 0.1) is 5.56 Å². The van der Waals surface area contributed by atoms with Gasteiger partial charge in [0.1, 0.15) is 11.9 Å². The van der Waals surface area contributed by atoms with Crippen molar-refractivity contribution in [2.75, 3.05) is 23.3 Å². The first kappa shape index (κ1) is 13.3. The number of nitrogens with zero attached hydrogens (tertiary/aromatic N) is 5. The second-order valence-corrected chi connectivity index (χ2v) is 5.02. The number of anilines is 2. The van der Waals surface area contributed by atoms with Crippen LogP contribution in [0, 0.1) is 11.3 Å². The summed E-state index contributed by atoms with van der Waals surface area (Å²) in [6.07, 6.45) is 7.30. The molecule has 1 saturated heterocycles. The third-order valence-corrected chi connectivity index (χ3v) is 3.50. The third kappa shape index (κ3) is 3.26. The van der Waals surface area contributed by atoms with Crippen LogP contribution in [0.4, 0.5) is 11.8 Å². The lowest BCUT2D eigenvalue weighted by Crippen LogP contribution is -2.43. The maximum atomic E-state index is 8.78. The number of hydrogen-bond donors (Lipinski definition) is 1. The molecule has 3 rings (SSSR count). The average molecular weight is 280 g/mol. The molecule has 0 amide bonds. The first-order valence-electron chi connectivity index (χ1n) is 7.00. The number of nitriles is 1. The Labute approximate surface area is 123 Å². The van der Waals surface area contributed by atoms with Crippen molar-refractivity contribution in [2.24, 2.45) is 0 Å². The molecule has 0 unspecified atom stereocenters. The van der Waals surface area contributed by atoms with Gasteiger partial charge in [-0.05, 0) is 31.0 Å². The molecule has 6 heteroatoms. The third-order valence-electron chi connectivity index (χ3n) is 3.50. The molecule has 2 aromatic rings. The maximum Gasteiger partial charge on any atom is 0.225 e. The van der Waals surface area contributed by atoms with E-state index in [0.29, 0.717) is 11.6 Å². The van der Waals surface area contributed by atoms with Crippen molar-refractivity contribution in [3.63, 3.8) is 0 Å². The summed E-state index contributed by atoms with van der Waals surface area (Å²) in [7, 11) is 0. The summed E-state index contributed by atoms with van der Waals surface area (Å²) in [5.41, 5.74) is 0.573. The normalized spacial score (nSPS) is 18.0. The lowest BCUT2D eigenvalue weighted by Gasteiger charge is -2.33. The topological polar surface area (TPSA) is 77.7 Å². The monoisotopic (exact) mass is 280 g/mol. The second-order valence-electron chi connectivity index (χ2n) is 5.02. The van der Waals surface area contributed by atoms with Crippen LogP contribution in [0.5, 0.6) is 0 Å². The largest absolute Gasteiger partial charge is 0.366 e. The lowest BCUT2D eigenvalue weighted by atomic mass is 10.1. The van der Waals surface area contributed by atoms with Gasteiger partial charge >= 0.3 is 0 Å². The Morgan fingerprint density at radius 3 is 2.81 bits per heavy atom. The van der Waals surface area contributed by atoms with Crippen LogP contribution in [0.25, 0.3) is 0 Å². The van der Waals surface area contributed by atoms with Gasteiger partial charge in [-0.3, -0.25) is 0 Å². The molecule has 1 fully saturated rings. The van der Waals surface area contributed by atoms with Gasteiger partial charge in [0.2, 0.25) is 5.95 Å². The van der Waals surface area contributed by atoms with Gasteiger partial charge < -0.3 is 10.2 Å². The van der Waals surface area contributed by atoms with Crippen LogP contribution in [-0.2, 0) is 0 Å². The van der Waals surface area contributed by atoms with Crippen molar-refractivity contribution in [1.82, 2.24) is 15.0 Å². The molecule has 1 aliphatic heterocycles. The first-order chi connectivity index (χ1) is 10.3. The number of pyridine rings is 1. The molecule has 0 spiro atoms. The molecule has 3 heterocycles. The fourth-order valence-corrected chi connectivity index (χ4v) is 2.49. The molecule has 6 nitrogen and oxygen atoms in total. The molecule has 1 aliphatic rings. The highest BCUT2D eigenvalue weighted by atomic mass is 15.3. The van der Waals surface area contributed by atoms with E-state index in [4.69, 9.17) is 5.26 Å². The summed E-state index contributed by atoms with van der Waals surface area (Å²) in [5, 5.41) is 12.2. The molecular formula is C15H16N6. The van der Waals surface area contributed by atoms with E-state index in [9.17, 15) is 0 Å². The van der Waals surface area contributed by atoms with Crippen LogP contribution in [0.1, 0.15) is 18.4 Å². The zero-order valence-corrected chi connectivity index (χ0v) is 11.6. The van der Waals surface area contributed by atoms with E-state index in [2.05, 4.69) is 31.2 Å². The van der Waals surface area contributed by atoms with Gasteiger partial charge in [-0.2, -0.15) is 5.26 Å². The standard InChI is InChI=1S/C15H16N6/c16-9-12-4-5-14(19-10-12)20-13-3-1-8-21(11-13)15-17-6-2-7-18-15/h2,4-7,10,13H,1,3,8,11H2,(H,19,20)/t13-/m1/s1. The maximum absolute atomic E-state index is 8.78. The summed E-state index contributed by atoms with van der Waals surface area (Å²) >= 11 is 0. The second kappa shape index (κ2) is 6.18. The first-order valence-corrected chi connectivity index (χ1v) is 7.00. The lowest BCUT2D eigenvalue weighted by molar-refractivity contribution is 0.521. The Kier molecular flexibility index (Phi) is 3.92. The highest BCUT2D eigenvalue weighted by molar-refractivity contribution is 5.41. The van der Waals surface area contributed by atoms with Crippen LogP contribution >= 0.6 is 0 Å². The predicted molar refractivity (Wildman–Crippen MR) is 79.8 cm³/mol. The Morgan fingerprint density at radius 2 is 2.10 bits per heavy atom. The molecule has 106 valence electrons. The SMILES string of the molecule is N#Cc1ccc(N[C@@H]2CCCN(c3ncccn3)C2)nc1. The van der Waals surface area contributed by atoms with Crippen molar-refractivity contribution in [1.29, 1.82) is 5.26 Å². The predicted octanol–water partition coefficient (Wildman–Crippen LogP) is 1.82. The summed E-state index contributed by atoms with van der Waals surface area (Å²) in [6, 6.07) is 7.82. The molecule has 0 radical (unpaired) electrons. The quantitative estimate of drug-likeness (QED) is 0.924. The molecule has 1 N–H and O–H groups in total. The van der Waals surface area contributed by atoms with Crippen LogP contribution in [0.15, 0.2) is 36.8 Å². The highest BCUT2D eigenvalue weighted by Gasteiger charge is 2.21. The minimum absolute atomic E-state index is 0.308. The van der Waals surface area contributed by atoms with Crippen molar-refractivity contribution in [3.05, 3.63) is 42.4 Å². The summed E-state index contributed by atoms with van der Waals surface area (Å²) < 4.78 is 0. The van der Waals surface area contributed by atoms with Gasteiger partial charge in [-0.1, -0.05) is 0 Å². The summed E-state index contributed by atoms with van der Waals surface area (Å²) in [5.74, 6) is 1.58. The molecule has 2 aromatic heterocycles.